The van der Waals surface area contributed by atoms with Gasteiger partial charge in [0.15, 0.2) is 0 Å². The number of sulfonamides is 1. The first-order valence-electron chi connectivity index (χ1n) is 12.6. The molecule has 2 N–H and O–H groups in total. The zero-order valence-electron chi connectivity index (χ0n) is 21.2. The van der Waals surface area contributed by atoms with Crippen LogP contribution in [-0.2, 0) is 32.6 Å². The number of hydrogen-bond acceptors (Lipinski definition) is 5. The molecule has 4 rings (SSSR count). The molecule has 1 saturated heterocycles. The topological polar surface area (TPSA) is 98.8 Å². The van der Waals surface area contributed by atoms with Crippen LogP contribution < -0.4 is 14.9 Å². The second-order valence-corrected chi connectivity index (χ2v) is 11.8. The quantitative estimate of drug-likeness (QED) is 0.567. The highest BCUT2D eigenvalue weighted by Gasteiger charge is 2.32. The van der Waals surface area contributed by atoms with Crippen LogP contribution in [0, 0.1) is 5.92 Å². The van der Waals surface area contributed by atoms with Crippen molar-refractivity contribution >= 4 is 27.5 Å². The van der Waals surface area contributed by atoms with Crippen molar-refractivity contribution in [1.82, 2.24) is 14.9 Å². The molecule has 8 nitrogen and oxygen atoms in total. The molecule has 0 aliphatic carbocycles. The average molecular weight is 513 g/mol. The Kier molecular flexibility index (Phi) is 8.12. The molecule has 0 unspecified atom stereocenters. The molecule has 0 aromatic heterocycles. The second kappa shape index (κ2) is 11.1. The first-order valence-corrected chi connectivity index (χ1v) is 14.1. The minimum absolute atomic E-state index is 0.0211. The van der Waals surface area contributed by atoms with Crippen molar-refractivity contribution in [2.45, 2.75) is 63.6 Å². The van der Waals surface area contributed by atoms with E-state index >= 15 is 0 Å². The Hall–Kier alpha value is -2.75. The van der Waals surface area contributed by atoms with Crippen LogP contribution in [0.5, 0.6) is 0 Å². The zero-order chi connectivity index (χ0) is 25.9. The number of nitrogens with zero attached hydrogens (tertiary/aromatic N) is 2. The summed E-state index contributed by atoms with van der Waals surface area (Å²) in [5.41, 5.74) is 2.84. The largest absolute Gasteiger partial charge is 0.352 e. The van der Waals surface area contributed by atoms with Crippen molar-refractivity contribution in [3.05, 3.63) is 59.7 Å². The first-order chi connectivity index (χ1) is 17.1. The van der Waals surface area contributed by atoms with Crippen molar-refractivity contribution < 1.29 is 18.0 Å². The maximum atomic E-state index is 13.2. The van der Waals surface area contributed by atoms with Gasteiger partial charge >= 0.3 is 0 Å². The van der Waals surface area contributed by atoms with E-state index in [1.165, 1.54) is 18.6 Å². The van der Waals surface area contributed by atoms with E-state index in [-0.39, 0.29) is 28.7 Å². The summed E-state index contributed by atoms with van der Waals surface area (Å²) in [6.07, 6.45) is 2.26. The number of fused-ring (bicyclic) bond motifs is 1. The van der Waals surface area contributed by atoms with E-state index in [9.17, 15) is 18.0 Å². The predicted octanol–water partition coefficient (Wildman–Crippen LogP) is 2.68. The van der Waals surface area contributed by atoms with E-state index < -0.39 is 16.1 Å². The third-order valence-electron chi connectivity index (χ3n) is 7.05. The molecule has 0 saturated carbocycles. The maximum absolute atomic E-state index is 13.2. The van der Waals surface area contributed by atoms with Crippen molar-refractivity contribution in [3.63, 3.8) is 0 Å². The minimum Gasteiger partial charge on any atom is -0.352 e. The van der Waals surface area contributed by atoms with Gasteiger partial charge in [-0.1, -0.05) is 44.2 Å². The molecule has 2 aromatic carbocycles. The molecule has 2 aliphatic heterocycles. The van der Waals surface area contributed by atoms with E-state index in [4.69, 9.17) is 0 Å². The molecule has 1 atom stereocenters. The number of nitrogens with one attached hydrogen (secondary N) is 2. The monoisotopic (exact) mass is 512 g/mol. The van der Waals surface area contributed by atoms with Gasteiger partial charge < -0.3 is 10.2 Å². The predicted molar refractivity (Wildman–Crippen MR) is 140 cm³/mol. The van der Waals surface area contributed by atoms with Crippen LogP contribution in [0.4, 0.5) is 5.69 Å². The SMILES string of the molecule is CC(=O)N1CCc2cc(S(=O)(=O)N[C@H](C(=O)NC3CCN(Cc4ccccc4)CC3)C(C)C)ccc21. The first kappa shape index (κ1) is 26.3. The fraction of sp³-hybridized carbons (Fsp3) is 0.481. The highest BCUT2D eigenvalue weighted by atomic mass is 32.2. The van der Waals surface area contributed by atoms with Crippen LogP contribution in [0.25, 0.3) is 0 Å². The van der Waals surface area contributed by atoms with Crippen molar-refractivity contribution in [2.24, 2.45) is 5.92 Å². The Bertz CT molecular complexity index is 1190. The molecular formula is C27H36N4O4S. The number of piperidine rings is 1. The summed E-state index contributed by atoms with van der Waals surface area (Å²) < 4.78 is 29.0. The molecule has 2 aliphatic rings. The number of hydrogen-bond donors (Lipinski definition) is 2. The van der Waals surface area contributed by atoms with Gasteiger partial charge in [0.2, 0.25) is 21.8 Å². The standard InChI is InChI=1S/C27H36N4O4S/c1-19(2)26(27(33)28-23-12-14-30(15-13-23)18-21-7-5-4-6-8-21)29-36(34,35)24-9-10-25-22(17-24)11-16-31(25)20(3)32/h4-10,17,19,23,26,29H,11-16,18H2,1-3H3,(H,28,33)/t26-/m0/s1. The lowest BCUT2D eigenvalue weighted by atomic mass is 10.0. The Morgan fingerprint density at radius 2 is 1.72 bits per heavy atom. The highest BCUT2D eigenvalue weighted by Crippen LogP contribution is 2.30. The number of benzene rings is 2. The summed E-state index contributed by atoms with van der Waals surface area (Å²) in [5.74, 6) is -0.579. The number of rotatable bonds is 8. The molecule has 0 spiro atoms. The van der Waals surface area contributed by atoms with Crippen LogP contribution in [0.3, 0.4) is 0 Å². The zero-order valence-corrected chi connectivity index (χ0v) is 22.1. The molecule has 9 heteroatoms. The van der Waals surface area contributed by atoms with Gasteiger partial charge in [0.1, 0.15) is 6.04 Å². The smallest absolute Gasteiger partial charge is 0.241 e. The molecule has 36 heavy (non-hydrogen) atoms. The lowest BCUT2D eigenvalue weighted by Crippen LogP contribution is -2.53. The molecule has 0 radical (unpaired) electrons. The van der Waals surface area contributed by atoms with Crippen molar-refractivity contribution in [2.75, 3.05) is 24.5 Å². The molecule has 194 valence electrons. The number of amides is 2. The van der Waals surface area contributed by atoms with Gasteiger partial charge in [0, 0.05) is 44.8 Å². The summed E-state index contributed by atoms with van der Waals surface area (Å²) in [6.45, 7) is 8.36. The average Bonchev–Trinajstić information content (AvgIpc) is 3.28. The van der Waals surface area contributed by atoms with Crippen LogP contribution in [-0.4, -0.2) is 56.9 Å². The van der Waals surface area contributed by atoms with Gasteiger partial charge in [0.05, 0.1) is 4.90 Å². The fourth-order valence-corrected chi connectivity index (χ4v) is 6.36. The number of likely N-dealkylation sites (tertiary alicyclic amines) is 1. The van der Waals surface area contributed by atoms with E-state index in [0.29, 0.717) is 13.0 Å². The van der Waals surface area contributed by atoms with E-state index in [2.05, 4.69) is 27.1 Å². The normalized spacial score (nSPS) is 17.7. The van der Waals surface area contributed by atoms with E-state index in [1.54, 1.807) is 17.0 Å². The van der Waals surface area contributed by atoms with Gasteiger partial charge in [-0.15, -0.1) is 0 Å². The van der Waals surface area contributed by atoms with Gasteiger partial charge in [0.25, 0.3) is 0 Å². The van der Waals surface area contributed by atoms with Gasteiger partial charge in [-0.25, -0.2) is 8.42 Å². The maximum Gasteiger partial charge on any atom is 0.241 e. The lowest BCUT2D eigenvalue weighted by molar-refractivity contribution is -0.124. The van der Waals surface area contributed by atoms with Crippen molar-refractivity contribution in [3.8, 4) is 0 Å². The molecule has 2 aromatic rings. The molecule has 0 bridgehead atoms. The Balaban J connectivity index is 1.36. The molecule has 2 amide bonds. The van der Waals surface area contributed by atoms with Crippen molar-refractivity contribution in [1.29, 1.82) is 0 Å². The highest BCUT2D eigenvalue weighted by molar-refractivity contribution is 7.89. The lowest BCUT2D eigenvalue weighted by Gasteiger charge is -2.33. The van der Waals surface area contributed by atoms with Crippen LogP contribution in [0.2, 0.25) is 0 Å². The van der Waals surface area contributed by atoms with Crippen LogP contribution in [0.15, 0.2) is 53.4 Å². The summed E-state index contributed by atoms with van der Waals surface area (Å²) >= 11 is 0. The third kappa shape index (κ3) is 6.14. The minimum atomic E-state index is -3.92. The summed E-state index contributed by atoms with van der Waals surface area (Å²) in [4.78, 5) is 29.1. The summed E-state index contributed by atoms with van der Waals surface area (Å²) in [6, 6.07) is 14.3. The summed E-state index contributed by atoms with van der Waals surface area (Å²) in [7, 11) is -3.92. The third-order valence-corrected chi connectivity index (χ3v) is 8.49. The van der Waals surface area contributed by atoms with Gasteiger partial charge in [-0.2, -0.15) is 4.72 Å². The fourth-order valence-electron chi connectivity index (χ4n) is 4.97. The van der Waals surface area contributed by atoms with Crippen LogP contribution >= 0.6 is 0 Å². The summed E-state index contributed by atoms with van der Waals surface area (Å²) in [5, 5.41) is 3.08. The Labute approximate surface area is 214 Å². The van der Waals surface area contributed by atoms with Gasteiger partial charge in [-0.05, 0) is 54.5 Å². The molecule has 2 heterocycles. The Morgan fingerprint density at radius 3 is 2.36 bits per heavy atom. The number of carbonyl (C=O) groups excluding carboxylic acids is 2. The number of anilines is 1. The van der Waals surface area contributed by atoms with E-state index in [1.807, 2.05) is 32.0 Å². The van der Waals surface area contributed by atoms with Gasteiger partial charge in [-0.3, -0.25) is 14.5 Å². The Morgan fingerprint density at radius 1 is 1.03 bits per heavy atom. The molecular weight excluding hydrogens is 476 g/mol. The second-order valence-electron chi connectivity index (χ2n) is 10.1. The van der Waals surface area contributed by atoms with E-state index in [0.717, 1.165) is 43.7 Å². The van der Waals surface area contributed by atoms with Crippen LogP contribution in [0.1, 0.15) is 44.7 Å². The number of carbonyl (C=O) groups is 2. The molecule has 1 fully saturated rings.